The number of nitrogens with zero attached hydrogens (tertiary/aromatic N) is 2. The minimum atomic E-state index is -0.286. The summed E-state index contributed by atoms with van der Waals surface area (Å²) < 4.78 is 13.1. The lowest BCUT2D eigenvalue weighted by Gasteiger charge is -2.31. The third-order valence-electron chi connectivity index (χ3n) is 4.00. The second kappa shape index (κ2) is 7.38. The Morgan fingerprint density at radius 1 is 1.07 bits per heavy atom. The fourth-order valence-electron chi connectivity index (χ4n) is 2.78. The Kier molecular flexibility index (Phi) is 4.95. The van der Waals surface area contributed by atoms with E-state index in [-0.39, 0.29) is 18.4 Å². The Morgan fingerprint density at radius 3 is 2.48 bits per heavy atom. The van der Waals surface area contributed by atoms with Crippen LogP contribution in [0.3, 0.4) is 0 Å². The molecule has 4 nitrogen and oxygen atoms in total. The van der Waals surface area contributed by atoms with Crippen LogP contribution in [0.15, 0.2) is 70.3 Å². The third-order valence-corrected chi connectivity index (χ3v) is 5.57. The van der Waals surface area contributed by atoms with Crippen molar-refractivity contribution < 1.29 is 9.18 Å². The monoisotopic (exact) mass is 419 g/mol. The molecule has 0 fully saturated rings. The predicted octanol–water partition coefficient (Wildman–Crippen LogP) is 4.91. The van der Waals surface area contributed by atoms with Gasteiger partial charge < -0.3 is 5.32 Å². The number of nitrogens with one attached hydrogen (secondary N) is 1. The van der Waals surface area contributed by atoms with Gasteiger partial charge in [0.2, 0.25) is 0 Å². The number of benzene rings is 2. The van der Waals surface area contributed by atoms with Crippen LogP contribution in [0, 0.1) is 5.82 Å². The number of hydrazone groups is 1. The number of halogens is 3. The van der Waals surface area contributed by atoms with Crippen LogP contribution in [0.25, 0.3) is 5.57 Å². The van der Waals surface area contributed by atoms with E-state index in [9.17, 15) is 9.18 Å². The quantitative estimate of drug-likeness (QED) is 0.751. The summed E-state index contributed by atoms with van der Waals surface area (Å²) in [5.74, 6) is -0.545. The van der Waals surface area contributed by atoms with Crippen molar-refractivity contribution in [1.29, 1.82) is 0 Å². The van der Waals surface area contributed by atoms with Crippen LogP contribution in [0.1, 0.15) is 5.56 Å². The number of fused-ring (bicyclic) bond motifs is 1. The summed E-state index contributed by atoms with van der Waals surface area (Å²) in [6.45, 7) is 0.234. The summed E-state index contributed by atoms with van der Waals surface area (Å²) in [6.07, 6.45) is 3.62. The molecule has 1 amide bonds. The standard InChI is InChI=1S/C19H12Cl2FN3OS/c20-13-2-1-3-14(21)17(13)18-15-8-9-16(24-25(15)10-23-19(18)26)27-12-6-4-11(22)5-7-12/h1-9H,10H2,(H,23,26). The SMILES string of the molecule is O=C1NCN2N=C(Sc3ccc(F)cc3)C=CC2=C1c1c(Cl)cccc1Cl. The van der Waals surface area contributed by atoms with Crippen molar-refractivity contribution in [2.24, 2.45) is 5.10 Å². The van der Waals surface area contributed by atoms with E-state index in [2.05, 4.69) is 10.4 Å². The van der Waals surface area contributed by atoms with Crippen molar-refractivity contribution >= 4 is 51.5 Å². The summed E-state index contributed by atoms with van der Waals surface area (Å²) in [5, 5.41) is 10.5. The second-order valence-electron chi connectivity index (χ2n) is 5.75. The minimum Gasteiger partial charge on any atom is -0.333 e. The molecule has 0 atom stereocenters. The molecule has 0 aliphatic carbocycles. The molecule has 27 heavy (non-hydrogen) atoms. The maximum Gasteiger partial charge on any atom is 0.255 e. The number of thioether (sulfide) groups is 1. The van der Waals surface area contributed by atoms with Crippen molar-refractivity contribution in [1.82, 2.24) is 10.3 Å². The number of amides is 1. The molecule has 0 saturated carbocycles. The molecule has 1 N–H and O–H groups in total. The minimum absolute atomic E-state index is 0.234. The molecule has 2 aromatic carbocycles. The van der Waals surface area contributed by atoms with Gasteiger partial charge in [-0.05, 0) is 48.6 Å². The zero-order chi connectivity index (χ0) is 19.0. The van der Waals surface area contributed by atoms with Crippen LogP contribution in [0.5, 0.6) is 0 Å². The lowest BCUT2D eigenvalue weighted by atomic mass is 10.0. The largest absolute Gasteiger partial charge is 0.333 e. The lowest BCUT2D eigenvalue weighted by molar-refractivity contribution is -0.116. The summed E-state index contributed by atoms with van der Waals surface area (Å²) >= 11 is 14.0. The van der Waals surface area contributed by atoms with Crippen LogP contribution >= 0.6 is 35.0 Å². The first kappa shape index (κ1) is 18.1. The van der Waals surface area contributed by atoms with E-state index in [0.717, 1.165) is 4.90 Å². The highest BCUT2D eigenvalue weighted by molar-refractivity contribution is 8.14. The second-order valence-corrected chi connectivity index (χ2v) is 7.66. The molecule has 2 aliphatic rings. The Hall–Kier alpha value is -2.28. The highest BCUT2D eigenvalue weighted by Crippen LogP contribution is 2.37. The molecule has 0 bridgehead atoms. The van der Waals surface area contributed by atoms with E-state index < -0.39 is 0 Å². The van der Waals surface area contributed by atoms with Gasteiger partial charge in [0.25, 0.3) is 5.91 Å². The van der Waals surface area contributed by atoms with Gasteiger partial charge in [-0.3, -0.25) is 4.79 Å². The number of hydrogen-bond acceptors (Lipinski definition) is 4. The Balaban J connectivity index is 1.71. The van der Waals surface area contributed by atoms with Crippen molar-refractivity contribution in [3.63, 3.8) is 0 Å². The molecule has 2 aromatic rings. The molecule has 0 spiro atoms. The Bertz CT molecular complexity index is 998. The fraction of sp³-hybridized carbons (Fsp3) is 0.0526. The van der Waals surface area contributed by atoms with Crippen LogP contribution < -0.4 is 5.32 Å². The highest BCUT2D eigenvalue weighted by atomic mass is 35.5. The topological polar surface area (TPSA) is 44.7 Å². The van der Waals surface area contributed by atoms with Crippen molar-refractivity contribution in [2.75, 3.05) is 6.67 Å². The average Bonchev–Trinajstić information content (AvgIpc) is 2.65. The first-order valence-corrected chi connectivity index (χ1v) is 9.54. The van der Waals surface area contributed by atoms with E-state index in [1.54, 1.807) is 35.3 Å². The van der Waals surface area contributed by atoms with Crippen molar-refractivity contribution in [2.45, 2.75) is 4.90 Å². The van der Waals surface area contributed by atoms with Gasteiger partial charge in [-0.25, -0.2) is 9.40 Å². The molecule has 2 heterocycles. The number of carbonyl (C=O) groups is 1. The molecule has 0 aromatic heterocycles. The number of carbonyl (C=O) groups excluding carboxylic acids is 1. The summed E-state index contributed by atoms with van der Waals surface area (Å²) in [5.41, 5.74) is 1.48. The molecule has 136 valence electrons. The summed E-state index contributed by atoms with van der Waals surface area (Å²) in [7, 11) is 0. The average molecular weight is 420 g/mol. The van der Waals surface area contributed by atoms with Crippen LogP contribution in [0.2, 0.25) is 10.0 Å². The molecule has 0 unspecified atom stereocenters. The van der Waals surface area contributed by atoms with Crippen LogP contribution in [-0.2, 0) is 4.79 Å². The molecular formula is C19H12Cl2FN3OS. The molecule has 0 saturated heterocycles. The molecule has 8 heteroatoms. The summed E-state index contributed by atoms with van der Waals surface area (Å²) in [6, 6.07) is 11.3. The van der Waals surface area contributed by atoms with Gasteiger partial charge in [-0.1, -0.05) is 41.0 Å². The fourth-order valence-corrected chi connectivity index (χ4v) is 4.16. The maximum absolute atomic E-state index is 13.1. The van der Waals surface area contributed by atoms with Gasteiger partial charge in [0.1, 0.15) is 17.5 Å². The number of allylic oxidation sites excluding steroid dienone is 1. The number of hydrogen-bond donors (Lipinski definition) is 1. The Labute approximate surface area is 169 Å². The normalized spacial score (nSPS) is 16.2. The predicted molar refractivity (Wildman–Crippen MR) is 107 cm³/mol. The lowest BCUT2D eigenvalue weighted by Crippen LogP contribution is -2.42. The van der Waals surface area contributed by atoms with Crippen molar-refractivity contribution in [3.05, 3.63) is 81.7 Å². The summed E-state index contributed by atoms with van der Waals surface area (Å²) in [4.78, 5) is 13.4. The Morgan fingerprint density at radius 2 is 1.78 bits per heavy atom. The first-order chi connectivity index (χ1) is 13.0. The van der Waals surface area contributed by atoms with Gasteiger partial charge in [0.05, 0.1) is 21.3 Å². The third kappa shape index (κ3) is 3.60. The van der Waals surface area contributed by atoms with Gasteiger partial charge in [0.15, 0.2) is 0 Å². The van der Waals surface area contributed by atoms with E-state index in [1.165, 1.54) is 23.9 Å². The zero-order valence-corrected chi connectivity index (χ0v) is 16.1. The van der Waals surface area contributed by atoms with Gasteiger partial charge in [-0.15, -0.1) is 0 Å². The van der Waals surface area contributed by atoms with Crippen LogP contribution in [0.4, 0.5) is 4.39 Å². The van der Waals surface area contributed by atoms with Gasteiger partial charge in [0, 0.05) is 10.5 Å². The zero-order valence-electron chi connectivity index (χ0n) is 13.7. The maximum atomic E-state index is 13.1. The van der Waals surface area contributed by atoms with Gasteiger partial charge >= 0.3 is 0 Å². The molecule has 2 aliphatic heterocycles. The highest BCUT2D eigenvalue weighted by Gasteiger charge is 2.30. The van der Waals surface area contributed by atoms with E-state index in [1.807, 2.05) is 12.2 Å². The van der Waals surface area contributed by atoms with E-state index >= 15 is 0 Å². The molecule has 4 rings (SSSR count). The smallest absolute Gasteiger partial charge is 0.255 e. The number of rotatable bonds is 2. The van der Waals surface area contributed by atoms with Gasteiger partial charge in [-0.2, -0.15) is 5.10 Å². The first-order valence-electron chi connectivity index (χ1n) is 7.97. The molecule has 0 radical (unpaired) electrons. The molecular weight excluding hydrogens is 408 g/mol. The van der Waals surface area contributed by atoms with E-state index in [0.29, 0.717) is 31.9 Å². The van der Waals surface area contributed by atoms with Crippen molar-refractivity contribution in [3.8, 4) is 0 Å². The van der Waals surface area contributed by atoms with Crippen LogP contribution in [-0.4, -0.2) is 22.6 Å². The van der Waals surface area contributed by atoms with E-state index in [4.69, 9.17) is 23.2 Å².